The van der Waals surface area contributed by atoms with Crippen molar-refractivity contribution in [1.82, 2.24) is 0 Å². The van der Waals surface area contributed by atoms with E-state index in [9.17, 15) is 22.0 Å². The predicted octanol–water partition coefficient (Wildman–Crippen LogP) is 3.38. The van der Waals surface area contributed by atoms with Gasteiger partial charge in [-0.2, -0.15) is 22.0 Å². The molecule has 0 radical (unpaired) electrons. The molecule has 78 valence electrons. The van der Waals surface area contributed by atoms with Gasteiger partial charge in [0.05, 0.1) is 0 Å². The van der Waals surface area contributed by atoms with Crippen molar-refractivity contribution < 1.29 is 22.0 Å². The molecule has 1 aliphatic heterocycles. The molecule has 1 aliphatic rings. The van der Waals surface area contributed by atoms with Crippen LogP contribution in [0.25, 0.3) is 0 Å². The summed E-state index contributed by atoms with van der Waals surface area (Å²) < 4.78 is 59.2. The molecule has 0 aliphatic carbocycles. The average Bonchev–Trinajstić information content (AvgIpc) is 2.04. The summed E-state index contributed by atoms with van der Waals surface area (Å²) in [5, 5.41) is 0. The van der Waals surface area contributed by atoms with E-state index in [1.165, 1.54) is 0 Å². The van der Waals surface area contributed by atoms with Crippen LogP contribution in [0.2, 0.25) is 0 Å². The Kier molecular flexibility index (Phi) is 3.38. The molecule has 1 saturated heterocycles. The van der Waals surface area contributed by atoms with Crippen LogP contribution in [-0.2, 0) is 0 Å². The van der Waals surface area contributed by atoms with Gasteiger partial charge in [-0.1, -0.05) is 0 Å². The summed E-state index contributed by atoms with van der Waals surface area (Å²) in [6, 6.07) is 0. The first-order valence-corrected chi connectivity index (χ1v) is 5.63. The molecule has 0 nitrogen and oxygen atoms in total. The zero-order chi connectivity index (χ0) is 10.1. The van der Waals surface area contributed by atoms with Crippen LogP contribution < -0.4 is 0 Å². The predicted molar refractivity (Wildman–Crippen MR) is 44.3 cm³/mol. The van der Waals surface area contributed by atoms with Gasteiger partial charge >= 0.3 is 12.1 Å². The number of rotatable bonds is 1. The third kappa shape index (κ3) is 2.43. The molecule has 0 aromatic carbocycles. The second kappa shape index (κ2) is 3.84. The monoisotopic (exact) mass is 238 g/mol. The van der Waals surface area contributed by atoms with Gasteiger partial charge in [0.25, 0.3) is 0 Å². The molecule has 0 saturated carbocycles. The highest BCUT2D eigenvalue weighted by molar-refractivity contribution is 8.17. The van der Waals surface area contributed by atoms with E-state index >= 15 is 0 Å². The van der Waals surface area contributed by atoms with Gasteiger partial charge in [-0.05, 0) is 17.9 Å². The fourth-order valence-corrected chi connectivity index (χ4v) is 3.71. The van der Waals surface area contributed by atoms with E-state index in [0.717, 1.165) is 0 Å². The Balaban J connectivity index is 2.67. The first-order chi connectivity index (χ1) is 5.86. The van der Waals surface area contributed by atoms with Crippen LogP contribution in [0.4, 0.5) is 22.0 Å². The molecule has 0 N–H and O–H groups in total. The van der Waals surface area contributed by atoms with Gasteiger partial charge in [0.1, 0.15) is 4.58 Å². The van der Waals surface area contributed by atoms with Gasteiger partial charge in [0.15, 0.2) is 0 Å². The summed E-state index contributed by atoms with van der Waals surface area (Å²) in [5.74, 6) is -3.81. The Morgan fingerprint density at radius 1 is 0.923 bits per heavy atom. The fourth-order valence-electron chi connectivity index (χ4n) is 0.831. The highest BCUT2D eigenvalue weighted by atomic mass is 32.2. The molecule has 0 aromatic heterocycles. The number of thioether (sulfide) groups is 2. The number of hydrogen-bond donors (Lipinski definition) is 0. The van der Waals surface area contributed by atoms with Crippen LogP contribution in [0, 0.1) is 0 Å². The molecule has 0 atom stereocenters. The Bertz CT molecular complexity index is 172. The van der Waals surface area contributed by atoms with Crippen LogP contribution in [0.15, 0.2) is 0 Å². The minimum Gasteiger partial charge on any atom is -0.194 e. The molecule has 1 heterocycles. The molecule has 1 fully saturated rings. The van der Waals surface area contributed by atoms with E-state index in [1.54, 1.807) is 0 Å². The van der Waals surface area contributed by atoms with Crippen molar-refractivity contribution in [1.29, 1.82) is 0 Å². The summed E-state index contributed by atoms with van der Waals surface area (Å²) in [5.41, 5.74) is 0. The van der Waals surface area contributed by atoms with Gasteiger partial charge in [0, 0.05) is 0 Å². The SMILES string of the molecule is FC(F)(F)C(F)(F)C1SCCCS1. The lowest BCUT2D eigenvalue weighted by Crippen LogP contribution is -2.45. The van der Waals surface area contributed by atoms with Crippen molar-refractivity contribution in [2.24, 2.45) is 0 Å². The Morgan fingerprint density at radius 2 is 1.38 bits per heavy atom. The fraction of sp³-hybridized carbons (Fsp3) is 1.00. The second-order valence-corrected chi connectivity index (χ2v) is 5.27. The van der Waals surface area contributed by atoms with Crippen molar-refractivity contribution in [2.75, 3.05) is 11.5 Å². The summed E-state index contributed by atoms with van der Waals surface area (Å²) in [6.07, 6.45) is -4.73. The van der Waals surface area contributed by atoms with E-state index < -0.39 is 16.7 Å². The number of halogens is 5. The van der Waals surface area contributed by atoms with E-state index in [1.807, 2.05) is 0 Å². The normalized spacial score (nSPS) is 21.9. The molecule has 13 heavy (non-hydrogen) atoms. The minimum absolute atomic E-state index is 0.378. The Labute approximate surface area is 80.6 Å². The maximum absolute atomic E-state index is 12.6. The largest absolute Gasteiger partial charge is 0.455 e. The molecule has 0 amide bonds. The van der Waals surface area contributed by atoms with Crippen LogP contribution in [-0.4, -0.2) is 28.2 Å². The summed E-state index contributed by atoms with van der Waals surface area (Å²) >= 11 is 1.38. The molecule has 1 rings (SSSR count). The zero-order valence-electron chi connectivity index (χ0n) is 6.40. The summed E-state index contributed by atoms with van der Waals surface area (Å²) in [7, 11) is 0. The highest BCUT2D eigenvalue weighted by Crippen LogP contribution is 2.49. The van der Waals surface area contributed by atoms with Gasteiger partial charge in [-0.3, -0.25) is 0 Å². The van der Waals surface area contributed by atoms with E-state index in [0.29, 0.717) is 41.5 Å². The van der Waals surface area contributed by atoms with Crippen molar-refractivity contribution in [3.63, 3.8) is 0 Å². The van der Waals surface area contributed by atoms with Crippen LogP contribution in [0.5, 0.6) is 0 Å². The minimum atomic E-state index is -5.42. The highest BCUT2D eigenvalue weighted by Gasteiger charge is 2.62. The molecule has 0 unspecified atom stereocenters. The molecular formula is C6H7F5S2. The molecule has 0 aromatic rings. The molecule has 0 spiro atoms. The maximum Gasteiger partial charge on any atom is 0.455 e. The maximum atomic E-state index is 12.6. The average molecular weight is 238 g/mol. The third-order valence-corrected chi connectivity index (χ3v) is 4.56. The van der Waals surface area contributed by atoms with Crippen molar-refractivity contribution in [3.8, 4) is 0 Å². The van der Waals surface area contributed by atoms with Gasteiger partial charge in [-0.15, -0.1) is 23.5 Å². The smallest absolute Gasteiger partial charge is 0.194 e. The summed E-state index contributed by atoms with van der Waals surface area (Å²) in [6.45, 7) is 0. The first-order valence-electron chi connectivity index (χ1n) is 3.53. The lowest BCUT2D eigenvalue weighted by atomic mass is 10.4. The number of hydrogen-bond acceptors (Lipinski definition) is 2. The lowest BCUT2D eigenvalue weighted by molar-refractivity contribution is -0.274. The third-order valence-electron chi connectivity index (χ3n) is 1.50. The van der Waals surface area contributed by atoms with Crippen LogP contribution in [0.1, 0.15) is 6.42 Å². The van der Waals surface area contributed by atoms with Crippen molar-refractivity contribution in [2.45, 2.75) is 23.1 Å². The lowest BCUT2D eigenvalue weighted by Gasteiger charge is -2.30. The van der Waals surface area contributed by atoms with E-state index in [2.05, 4.69) is 0 Å². The van der Waals surface area contributed by atoms with Crippen molar-refractivity contribution >= 4 is 23.5 Å². The molecule has 0 bridgehead atoms. The van der Waals surface area contributed by atoms with Gasteiger partial charge in [0.2, 0.25) is 0 Å². The molecular weight excluding hydrogens is 231 g/mol. The Morgan fingerprint density at radius 3 is 1.77 bits per heavy atom. The topological polar surface area (TPSA) is 0 Å². The standard InChI is InChI=1S/C6H7F5S2/c7-5(8,6(9,10)11)4-12-2-1-3-13-4/h4H,1-3H2. The van der Waals surface area contributed by atoms with Crippen LogP contribution in [0.3, 0.4) is 0 Å². The van der Waals surface area contributed by atoms with E-state index in [4.69, 9.17) is 0 Å². The Hall–Kier alpha value is 0.350. The summed E-state index contributed by atoms with van der Waals surface area (Å²) in [4.78, 5) is 0. The first kappa shape index (κ1) is 11.4. The van der Waals surface area contributed by atoms with Crippen molar-refractivity contribution in [3.05, 3.63) is 0 Å². The second-order valence-electron chi connectivity index (χ2n) is 2.55. The quantitative estimate of drug-likeness (QED) is 0.642. The molecule has 7 heteroatoms. The number of alkyl halides is 5. The van der Waals surface area contributed by atoms with Gasteiger partial charge < -0.3 is 0 Å². The van der Waals surface area contributed by atoms with E-state index in [-0.39, 0.29) is 0 Å². The van der Waals surface area contributed by atoms with Gasteiger partial charge in [-0.25, -0.2) is 0 Å². The van der Waals surface area contributed by atoms with Crippen LogP contribution >= 0.6 is 23.5 Å². The zero-order valence-corrected chi connectivity index (χ0v) is 8.04.